The highest BCUT2D eigenvalue weighted by atomic mass is 79.9. The normalized spacial score (nSPS) is 15.2. The minimum Gasteiger partial charge on any atom is -0.493 e. The number of methoxy groups -OCH3 is 1. The van der Waals surface area contributed by atoms with Gasteiger partial charge >= 0.3 is 6.61 Å². The van der Waals surface area contributed by atoms with Gasteiger partial charge in [-0.25, -0.2) is 0 Å². The number of rotatable bonds is 7. The summed E-state index contributed by atoms with van der Waals surface area (Å²) in [6, 6.07) is 10.7. The lowest BCUT2D eigenvalue weighted by molar-refractivity contribution is -0.122. The molecule has 0 spiro atoms. The Kier molecular flexibility index (Phi) is 6.88. The van der Waals surface area contributed by atoms with E-state index in [1.165, 1.54) is 31.4 Å². The maximum absolute atomic E-state index is 12.6. The fraction of sp³-hybridized carbons (Fsp3) is 0.150. The van der Waals surface area contributed by atoms with Gasteiger partial charge in [-0.05, 0) is 47.7 Å². The standard InChI is InChI=1S/C20H14BrF2NO5S/c1-28-16-8-11(2-7-15(16)29-19(22)23)9-17-18(26)24(20(27)30-17)10-14(25)12-3-5-13(21)6-4-12/h2-9,19H,10H2,1H3/b17-9-. The summed E-state index contributed by atoms with van der Waals surface area (Å²) < 4.78 is 35.1. The highest BCUT2D eigenvalue weighted by Gasteiger charge is 2.36. The summed E-state index contributed by atoms with van der Waals surface area (Å²) in [7, 11) is 1.29. The molecule has 0 aliphatic carbocycles. The Hall–Kier alpha value is -2.72. The van der Waals surface area contributed by atoms with Crippen molar-refractivity contribution in [3.8, 4) is 11.5 Å². The van der Waals surface area contributed by atoms with E-state index in [2.05, 4.69) is 20.7 Å². The van der Waals surface area contributed by atoms with Gasteiger partial charge < -0.3 is 9.47 Å². The number of nitrogens with zero attached hydrogens (tertiary/aromatic N) is 1. The maximum atomic E-state index is 12.6. The van der Waals surface area contributed by atoms with Gasteiger partial charge in [0.25, 0.3) is 11.1 Å². The summed E-state index contributed by atoms with van der Waals surface area (Å²) in [6.07, 6.45) is 1.42. The van der Waals surface area contributed by atoms with Crippen LogP contribution < -0.4 is 9.47 Å². The van der Waals surface area contributed by atoms with Crippen LogP contribution in [-0.4, -0.2) is 42.1 Å². The minimum atomic E-state index is -3.01. The number of amides is 2. The first kappa shape index (κ1) is 22.0. The van der Waals surface area contributed by atoms with Crippen LogP contribution in [-0.2, 0) is 4.79 Å². The molecule has 0 saturated carbocycles. The van der Waals surface area contributed by atoms with E-state index in [0.717, 1.165) is 9.37 Å². The molecule has 6 nitrogen and oxygen atoms in total. The number of benzene rings is 2. The van der Waals surface area contributed by atoms with E-state index in [0.29, 0.717) is 22.9 Å². The number of hydrogen-bond acceptors (Lipinski definition) is 6. The van der Waals surface area contributed by atoms with Crippen molar-refractivity contribution in [2.75, 3.05) is 13.7 Å². The number of Topliss-reactive ketones (excluding diaryl/α,β-unsaturated/α-hetero) is 1. The Morgan fingerprint density at radius 2 is 1.87 bits per heavy atom. The first-order chi connectivity index (χ1) is 14.3. The summed E-state index contributed by atoms with van der Waals surface area (Å²) in [4.78, 5) is 38.2. The SMILES string of the molecule is COc1cc(/C=C2\SC(=O)N(CC(=O)c3ccc(Br)cc3)C2=O)ccc1OC(F)F. The zero-order valence-electron chi connectivity index (χ0n) is 15.4. The van der Waals surface area contributed by atoms with E-state index in [1.807, 2.05) is 0 Å². The van der Waals surface area contributed by atoms with Gasteiger partial charge in [-0.1, -0.05) is 34.1 Å². The predicted octanol–water partition coefficient (Wildman–Crippen LogP) is 4.98. The molecule has 30 heavy (non-hydrogen) atoms. The lowest BCUT2D eigenvalue weighted by Gasteiger charge is -2.11. The van der Waals surface area contributed by atoms with Crippen LogP contribution in [0.25, 0.3) is 6.08 Å². The number of alkyl halides is 2. The number of carbonyl (C=O) groups is 3. The first-order valence-corrected chi connectivity index (χ1v) is 10.1. The van der Waals surface area contributed by atoms with E-state index in [-0.39, 0.29) is 28.7 Å². The van der Waals surface area contributed by atoms with Gasteiger partial charge in [-0.15, -0.1) is 0 Å². The third-order valence-electron chi connectivity index (χ3n) is 4.04. The van der Waals surface area contributed by atoms with E-state index < -0.39 is 17.8 Å². The number of imide groups is 1. The van der Waals surface area contributed by atoms with Crippen LogP contribution in [0.2, 0.25) is 0 Å². The molecule has 1 heterocycles. The van der Waals surface area contributed by atoms with Gasteiger partial charge in [-0.3, -0.25) is 19.3 Å². The highest BCUT2D eigenvalue weighted by Crippen LogP contribution is 2.35. The summed E-state index contributed by atoms with van der Waals surface area (Å²) in [5, 5.41) is -0.568. The molecule has 0 atom stereocenters. The van der Waals surface area contributed by atoms with Crippen molar-refractivity contribution >= 4 is 50.7 Å². The molecule has 1 aliphatic heterocycles. The lowest BCUT2D eigenvalue weighted by Crippen LogP contribution is -2.33. The molecular formula is C20H14BrF2NO5S. The van der Waals surface area contributed by atoms with Crippen molar-refractivity contribution in [3.05, 3.63) is 63.0 Å². The van der Waals surface area contributed by atoms with Crippen LogP contribution in [0, 0.1) is 0 Å². The van der Waals surface area contributed by atoms with Crippen molar-refractivity contribution in [2.45, 2.75) is 6.61 Å². The fourth-order valence-corrected chi connectivity index (χ4v) is 3.73. The van der Waals surface area contributed by atoms with E-state index in [1.54, 1.807) is 24.3 Å². The van der Waals surface area contributed by atoms with Gasteiger partial charge in [0.05, 0.1) is 18.6 Å². The molecule has 2 amide bonds. The first-order valence-electron chi connectivity index (χ1n) is 8.45. The van der Waals surface area contributed by atoms with Crippen molar-refractivity contribution in [3.63, 3.8) is 0 Å². The Balaban J connectivity index is 1.77. The van der Waals surface area contributed by atoms with Crippen LogP contribution in [0.5, 0.6) is 11.5 Å². The molecule has 1 saturated heterocycles. The smallest absolute Gasteiger partial charge is 0.387 e. The van der Waals surface area contributed by atoms with Crippen molar-refractivity contribution in [1.82, 2.24) is 4.90 Å². The second kappa shape index (κ2) is 9.40. The summed E-state index contributed by atoms with van der Waals surface area (Å²) in [6.45, 7) is -3.39. The third kappa shape index (κ3) is 5.06. The maximum Gasteiger partial charge on any atom is 0.387 e. The fourth-order valence-electron chi connectivity index (χ4n) is 2.63. The van der Waals surface area contributed by atoms with E-state index in [9.17, 15) is 23.2 Å². The molecule has 2 aromatic rings. The summed E-state index contributed by atoms with van der Waals surface area (Å²) >= 11 is 3.96. The van der Waals surface area contributed by atoms with Gasteiger partial charge in [0.1, 0.15) is 0 Å². The molecule has 10 heteroatoms. The molecule has 0 radical (unpaired) electrons. The molecule has 156 valence electrons. The molecule has 1 aliphatic rings. The van der Waals surface area contributed by atoms with Gasteiger partial charge in [0.15, 0.2) is 17.3 Å². The molecule has 0 N–H and O–H groups in total. The largest absolute Gasteiger partial charge is 0.493 e. The van der Waals surface area contributed by atoms with Crippen LogP contribution in [0.15, 0.2) is 51.8 Å². The Morgan fingerprint density at radius 1 is 1.17 bits per heavy atom. The van der Waals surface area contributed by atoms with Crippen LogP contribution in [0.1, 0.15) is 15.9 Å². The number of halogens is 3. The average Bonchev–Trinajstić information content (AvgIpc) is 2.96. The van der Waals surface area contributed by atoms with E-state index in [4.69, 9.17) is 4.74 Å². The molecule has 0 aromatic heterocycles. The van der Waals surface area contributed by atoms with Gasteiger partial charge in [0.2, 0.25) is 0 Å². The van der Waals surface area contributed by atoms with Crippen LogP contribution in [0.3, 0.4) is 0 Å². The highest BCUT2D eigenvalue weighted by molar-refractivity contribution is 9.10. The zero-order valence-corrected chi connectivity index (χ0v) is 17.8. The predicted molar refractivity (Wildman–Crippen MR) is 111 cm³/mol. The second-order valence-electron chi connectivity index (χ2n) is 5.99. The van der Waals surface area contributed by atoms with Crippen LogP contribution >= 0.6 is 27.7 Å². The Bertz CT molecular complexity index is 1030. The average molecular weight is 498 g/mol. The zero-order chi connectivity index (χ0) is 21.8. The van der Waals surface area contributed by atoms with Crippen molar-refractivity contribution < 1.29 is 32.6 Å². The van der Waals surface area contributed by atoms with Crippen molar-refractivity contribution in [1.29, 1.82) is 0 Å². The third-order valence-corrected chi connectivity index (χ3v) is 5.48. The molecule has 0 unspecified atom stereocenters. The Labute approximate surface area is 183 Å². The monoisotopic (exact) mass is 497 g/mol. The topological polar surface area (TPSA) is 72.9 Å². The molecule has 3 rings (SSSR count). The number of ether oxygens (including phenoxy) is 2. The lowest BCUT2D eigenvalue weighted by atomic mass is 10.1. The number of ketones is 1. The molecule has 2 aromatic carbocycles. The quantitative estimate of drug-likeness (QED) is 0.396. The minimum absolute atomic E-state index is 0.0497. The molecular weight excluding hydrogens is 484 g/mol. The number of thioether (sulfide) groups is 1. The van der Waals surface area contributed by atoms with Crippen LogP contribution in [0.4, 0.5) is 13.6 Å². The summed E-state index contributed by atoms with van der Waals surface area (Å²) in [5.74, 6) is -1.09. The van der Waals surface area contributed by atoms with Gasteiger partial charge in [-0.2, -0.15) is 8.78 Å². The molecule has 1 fully saturated rings. The number of hydrogen-bond donors (Lipinski definition) is 0. The summed E-state index contributed by atoms with van der Waals surface area (Å²) in [5.41, 5.74) is 0.818. The van der Waals surface area contributed by atoms with Gasteiger partial charge in [0, 0.05) is 10.0 Å². The Morgan fingerprint density at radius 3 is 2.50 bits per heavy atom. The van der Waals surface area contributed by atoms with Crippen molar-refractivity contribution in [2.24, 2.45) is 0 Å². The molecule has 0 bridgehead atoms. The number of carbonyl (C=O) groups excluding carboxylic acids is 3. The van der Waals surface area contributed by atoms with E-state index >= 15 is 0 Å². The second-order valence-corrected chi connectivity index (χ2v) is 7.90.